The first-order valence-corrected chi connectivity index (χ1v) is 13.1. The highest BCUT2D eigenvalue weighted by molar-refractivity contribution is 6.07. The summed E-state index contributed by atoms with van der Waals surface area (Å²) in [6.45, 7) is 15.4. The Kier molecular flexibility index (Phi) is 8.85. The van der Waals surface area contributed by atoms with Crippen LogP contribution in [0.2, 0.25) is 0 Å². The average Bonchev–Trinajstić information content (AvgIpc) is 3.34. The van der Waals surface area contributed by atoms with Crippen LogP contribution in [0, 0.1) is 12.3 Å². The smallest absolute Gasteiger partial charge is 0.273 e. The van der Waals surface area contributed by atoms with Gasteiger partial charge in [0.1, 0.15) is 5.75 Å². The van der Waals surface area contributed by atoms with Gasteiger partial charge in [-0.2, -0.15) is 0 Å². The summed E-state index contributed by atoms with van der Waals surface area (Å²) in [4.78, 5) is 30.3. The molecule has 1 heterocycles. The van der Waals surface area contributed by atoms with Crippen molar-refractivity contribution in [2.45, 2.75) is 53.9 Å². The molecular weight excluding hydrogens is 492 g/mol. The van der Waals surface area contributed by atoms with E-state index in [1.165, 1.54) is 4.68 Å². The maximum absolute atomic E-state index is 14.0. The Morgan fingerprint density at radius 1 is 1.03 bits per heavy atom. The summed E-state index contributed by atoms with van der Waals surface area (Å²) in [7, 11) is 5.45. The van der Waals surface area contributed by atoms with E-state index in [4.69, 9.17) is 4.74 Å². The summed E-state index contributed by atoms with van der Waals surface area (Å²) >= 11 is 0. The van der Waals surface area contributed by atoms with Crippen LogP contribution in [0.15, 0.2) is 42.6 Å². The molecule has 0 atom stereocenters. The third-order valence-corrected chi connectivity index (χ3v) is 6.21. The Morgan fingerprint density at radius 3 is 2.31 bits per heavy atom. The van der Waals surface area contributed by atoms with Gasteiger partial charge in [0.2, 0.25) is 0 Å². The Hall–Kier alpha value is -3.72. The van der Waals surface area contributed by atoms with E-state index in [9.17, 15) is 9.59 Å². The van der Waals surface area contributed by atoms with Crippen LogP contribution in [-0.4, -0.2) is 66.1 Å². The summed E-state index contributed by atoms with van der Waals surface area (Å²) in [5, 5.41) is 11.1. The lowest BCUT2D eigenvalue weighted by atomic mass is 9.86. The number of anilines is 1. The van der Waals surface area contributed by atoms with Gasteiger partial charge in [-0.15, -0.1) is 5.10 Å². The van der Waals surface area contributed by atoms with Crippen molar-refractivity contribution in [3.05, 3.63) is 65.0 Å². The number of benzene rings is 2. The molecule has 3 aromatic rings. The number of nitrogens with one attached hydrogen (secondary N) is 1. The third kappa shape index (κ3) is 7.44. The second-order valence-corrected chi connectivity index (χ2v) is 12.4. The van der Waals surface area contributed by atoms with Crippen molar-refractivity contribution >= 4 is 17.5 Å². The molecule has 210 valence electrons. The van der Waals surface area contributed by atoms with E-state index in [2.05, 4.69) is 36.4 Å². The first-order chi connectivity index (χ1) is 18.1. The fourth-order valence-corrected chi connectivity index (χ4v) is 3.97. The molecule has 0 aliphatic rings. The summed E-state index contributed by atoms with van der Waals surface area (Å²) < 4.78 is 7.20. The minimum absolute atomic E-state index is 0.0511. The standard InChI is InChI=1S/C30H42N6O3/c1-20-11-12-21(15-24(20)36-17-23(32-33-36)27(37)31-18-29(2,3)4)28(38)35(19-34(8)9)25-16-22(30(5,6)7)13-14-26(25)39-10/h11-17H,18-19H2,1-10H3,(H,31,37). The van der Waals surface area contributed by atoms with Gasteiger partial charge in [-0.1, -0.05) is 58.9 Å². The van der Waals surface area contributed by atoms with Crippen molar-refractivity contribution in [3.63, 3.8) is 0 Å². The summed E-state index contributed by atoms with van der Waals surface area (Å²) in [6.07, 6.45) is 1.59. The van der Waals surface area contributed by atoms with Crippen LogP contribution in [0.4, 0.5) is 5.69 Å². The lowest BCUT2D eigenvalue weighted by molar-refractivity contribution is 0.0933. The highest BCUT2D eigenvalue weighted by Crippen LogP contribution is 2.35. The normalized spacial score (nSPS) is 12.0. The van der Waals surface area contributed by atoms with E-state index >= 15 is 0 Å². The summed E-state index contributed by atoms with van der Waals surface area (Å²) in [6, 6.07) is 11.4. The Bertz CT molecular complexity index is 1330. The lowest BCUT2D eigenvalue weighted by Crippen LogP contribution is -2.39. The first kappa shape index (κ1) is 29.8. The number of amides is 2. The van der Waals surface area contributed by atoms with Crippen LogP contribution >= 0.6 is 0 Å². The number of methoxy groups -OCH3 is 1. The number of carbonyl (C=O) groups is 2. The molecule has 9 nitrogen and oxygen atoms in total. The van der Waals surface area contributed by atoms with E-state index in [1.54, 1.807) is 30.3 Å². The van der Waals surface area contributed by atoms with Gasteiger partial charge in [0.05, 0.1) is 31.4 Å². The zero-order valence-electron chi connectivity index (χ0n) is 24.9. The van der Waals surface area contributed by atoms with Gasteiger partial charge in [-0.05, 0) is 67.2 Å². The molecule has 39 heavy (non-hydrogen) atoms. The largest absolute Gasteiger partial charge is 0.495 e. The highest BCUT2D eigenvalue weighted by Gasteiger charge is 2.25. The molecule has 0 unspecified atom stereocenters. The van der Waals surface area contributed by atoms with Crippen LogP contribution in [0.25, 0.3) is 5.69 Å². The summed E-state index contributed by atoms with van der Waals surface area (Å²) in [5.74, 6) is 0.148. The molecule has 0 saturated heterocycles. The molecule has 0 radical (unpaired) electrons. The molecule has 0 bridgehead atoms. The van der Waals surface area contributed by atoms with Crippen LogP contribution in [0.3, 0.4) is 0 Å². The van der Waals surface area contributed by atoms with Crippen LogP contribution in [-0.2, 0) is 5.41 Å². The van der Waals surface area contributed by atoms with Gasteiger partial charge >= 0.3 is 0 Å². The lowest BCUT2D eigenvalue weighted by Gasteiger charge is -2.30. The van der Waals surface area contributed by atoms with Gasteiger partial charge in [-0.3, -0.25) is 19.4 Å². The zero-order valence-corrected chi connectivity index (χ0v) is 24.9. The third-order valence-electron chi connectivity index (χ3n) is 6.21. The first-order valence-electron chi connectivity index (χ1n) is 13.1. The number of ether oxygens (including phenoxy) is 1. The fourth-order valence-electron chi connectivity index (χ4n) is 3.97. The Morgan fingerprint density at radius 2 is 1.72 bits per heavy atom. The van der Waals surface area contributed by atoms with Crippen molar-refractivity contribution in [2.24, 2.45) is 5.41 Å². The number of hydrogen-bond donors (Lipinski definition) is 1. The number of aryl methyl sites for hydroxylation is 1. The number of nitrogens with zero attached hydrogens (tertiary/aromatic N) is 5. The number of rotatable bonds is 8. The van der Waals surface area contributed by atoms with Crippen molar-refractivity contribution < 1.29 is 14.3 Å². The molecule has 1 aromatic heterocycles. The van der Waals surface area contributed by atoms with Crippen molar-refractivity contribution in [1.82, 2.24) is 25.2 Å². The van der Waals surface area contributed by atoms with E-state index in [0.717, 1.165) is 11.1 Å². The van der Waals surface area contributed by atoms with E-state index in [1.807, 2.05) is 71.0 Å². The second kappa shape index (κ2) is 11.6. The van der Waals surface area contributed by atoms with Crippen LogP contribution in [0.1, 0.15) is 73.5 Å². The Balaban J connectivity index is 2.00. The van der Waals surface area contributed by atoms with Gasteiger partial charge in [0, 0.05) is 12.1 Å². The predicted octanol–water partition coefficient (Wildman–Crippen LogP) is 4.82. The molecule has 3 rings (SSSR count). The van der Waals surface area contributed by atoms with Gasteiger partial charge < -0.3 is 10.1 Å². The zero-order chi connectivity index (χ0) is 29.1. The van der Waals surface area contributed by atoms with Crippen molar-refractivity contribution in [3.8, 4) is 11.4 Å². The average molecular weight is 535 g/mol. The van der Waals surface area contributed by atoms with Crippen molar-refractivity contribution in [2.75, 3.05) is 39.3 Å². The molecule has 1 N–H and O–H groups in total. The predicted molar refractivity (Wildman–Crippen MR) is 155 cm³/mol. The van der Waals surface area contributed by atoms with Gasteiger partial charge in [0.25, 0.3) is 11.8 Å². The molecule has 0 spiro atoms. The minimum atomic E-state index is -0.288. The molecule has 9 heteroatoms. The quantitative estimate of drug-likeness (QED) is 0.417. The van der Waals surface area contributed by atoms with Crippen LogP contribution < -0.4 is 15.0 Å². The maximum atomic E-state index is 14.0. The second-order valence-electron chi connectivity index (χ2n) is 12.4. The molecule has 0 aliphatic heterocycles. The topological polar surface area (TPSA) is 92.6 Å². The number of hydrogen-bond acceptors (Lipinski definition) is 6. The fraction of sp³-hybridized carbons (Fsp3) is 0.467. The van der Waals surface area contributed by atoms with Crippen molar-refractivity contribution in [1.29, 1.82) is 0 Å². The number of aromatic nitrogens is 3. The van der Waals surface area contributed by atoms with Gasteiger partial charge in [0.15, 0.2) is 5.69 Å². The van der Waals surface area contributed by atoms with E-state index < -0.39 is 0 Å². The molecule has 2 amide bonds. The minimum Gasteiger partial charge on any atom is -0.495 e. The van der Waals surface area contributed by atoms with Crippen LogP contribution in [0.5, 0.6) is 5.75 Å². The molecular formula is C30H42N6O3. The molecule has 0 fully saturated rings. The monoisotopic (exact) mass is 534 g/mol. The summed E-state index contributed by atoms with van der Waals surface area (Å²) in [5.41, 5.74) is 3.90. The number of carbonyl (C=O) groups excluding carboxylic acids is 2. The van der Waals surface area contributed by atoms with E-state index in [0.29, 0.717) is 35.9 Å². The van der Waals surface area contributed by atoms with Gasteiger partial charge in [-0.25, -0.2) is 4.68 Å². The highest BCUT2D eigenvalue weighted by atomic mass is 16.5. The molecule has 0 aliphatic carbocycles. The maximum Gasteiger partial charge on any atom is 0.273 e. The molecule has 0 saturated carbocycles. The SMILES string of the molecule is COc1ccc(C(C)(C)C)cc1N(CN(C)C)C(=O)c1ccc(C)c(-n2cc(C(=O)NCC(C)(C)C)nn2)c1. The van der Waals surface area contributed by atoms with E-state index in [-0.39, 0.29) is 28.3 Å². The Labute approximate surface area is 232 Å². The molecule has 2 aromatic carbocycles.